The largest absolute Gasteiger partial charge is 0.461 e. The number of anilines is 1. The van der Waals surface area contributed by atoms with Crippen LogP contribution in [-0.4, -0.2) is 39.4 Å². The van der Waals surface area contributed by atoms with E-state index in [0.717, 1.165) is 15.1 Å². The maximum absolute atomic E-state index is 13.8. The number of carbonyl (C=O) groups is 1. The summed E-state index contributed by atoms with van der Waals surface area (Å²) >= 11 is 0. The average Bonchev–Trinajstić information content (AvgIpc) is 3.36. The number of hydrogen-bond donors (Lipinski definition) is 1. The van der Waals surface area contributed by atoms with Crippen molar-refractivity contribution in [3.63, 3.8) is 0 Å². The Bertz CT molecular complexity index is 1910. The molecule has 0 saturated carbocycles. The zero-order valence-corrected chi connectivity index (χ0v) is 24.1. The van der Waals surface area contributed by atoms with Crippen LogP contribution in [-0.2, 0) is 32.6 Å². The lowest BCUT2D eigenvalue weighted by Crippen LogP contribution is -2.13. The van der Waals surface area contributed by atoms with Gasteiger partial charge in [-0.2, -0.15) is 0 Å². The van der Waals surface area contributed by atoms with Crippen molar-refractivity contribution in [2.24, 2.45) is 0 Å². The van der Waals surface area contributed by atoms with Crippen LogP contribution in [0.4, 0.5) is 11.6 Å². The van der Waals surface area contributed by atoms with E-state index in [4.69, 9.17) is 11.3 Å². The minimum Gasteiger partial charge on any atom is -0.461 e. The Labute approximate surface area is 243 Å². The summed E-state index contributed by atoms with van der Waals surface area (Å²) in [4.78, 5) is 29.6. The zero-order chi connectivity index (χ0) is 29.9. The van der Waals surface area contributed by atoms with Crippen LogP contribution >= 0.6 is 0 Å². The van der Waals surface area contributed by atoms with Crippen molar-refractivity contribution >= 4 is 38.7 Å². The average molecular weight is 581 g/mol. The molecule has 0 unspecified atom stereocenters. The van der Waals surface area contributed by atoms with Gasteiger partial charge in [0.2, 0.25) is 11.6 Å². The molecule has 5 rings (SSSR count). The minimum absolute atomic E-state index is 0.0232. The molecule has 42 heavy (non-hydrogen) atoms. The summed E-state index contributed by atoms with van der Waals surface area (Å²) in [6, 6.07) is 17.6. The summed E-state index contributed by atoms with van der Waals surface area (Å²) in [5, 5.41) is 3.54. The number of esters is 1. The molecular weight excluding hydrogens is 552 g/mol. The van der Waals surface area contributed by atoms with Crippen LogP contribution in [0.15, 0.2) is 84.1 Å². The highest BCUT2D eigenvalue weighted by molar-refractivity contribution is 7.90. The maximum Gasteiger partial charge on any atom is 0.310 e. The van der Waals surface area contributed by atoms with E-state index < -0.39 is 16.0 Å². The Morgan fingerprint density at radius 1 is 1.05 bits per heavy atom. The first kappa shape index (κ1) is 28.4. The Balaban J connectivity index is 1.61. The normalized spacial score (nSPS) is 11.4. The second-order valence-corrected chi connectivity index (χ2v) is 11.8. The predicted octanol–water partition coefficient (Wildman–Crippen LogP) is 5.70. The van der Waals surface area contributed by atoms with Gasteiger partial charge in [0, 0.05) is 35.6 Å². The van der Waals surface area contributed by atoms with E-state index in [1.165, 1.54) is 30.7 Å². The summed E-state index contributed by atoms with van der Waals surface area (Å²) in [5.41, 5.74) is 3.20. The van der Waals surface area contributed by atoms with Gasteiger partial charge in [0.1, 0.15) is 6.61 Å². The summed E-state index contributed by atoms with van der Waals surface area (Å²) in [6.07, 6.45) is 4.19. The van der Waals surface area contributed by atoms with E-state index in [2.05, 4.69) is 25.1 Å². The highest BCUT2D eigenvalue weighted by atomic mass is 32.2. The van der Waals surface area contributed by atoms with Crippen molar-refractivity contribution < 1.29 is 17.9 Å². The first-order valence-electron chi connectivity index (χ1n) is 13.2. The predicted molar refractivity (Wildman–Crippen MR) is 159 cm³/mol. The number of nitrogens with one attached hydrogen (secondary N) is 1. The van der Waals surface area contributed by atoms with E-state index in [1.807, 2.05) is 51.1 Å². The van der Waals surface area contributed by atoms with Crippen LogP contribution in [0.5, 0.6) is 0 Å². The van der Waals surface area contributed by atoms with E-state index in [-0.39, 0.29) is 41.0 Å². The Morgan fingerprint density at radius 2 is 1.79 bits per heavy atom. The van der Waals surface area contributed by atoms with Crippen molar-refractivity contribution in [3.05, 3.63) is 107 Å². The van der Waals surface area contributed by atoms with E-state index in [1.54, 1.807) is 18.2 Å². The molecule has 212 valence electrons. The van der Waals surface area contributed by atoms with Crippen LogP contribution in [0.2, 0.25) is 0 Å². The Morgan fingerprint density at radius 3 is 2.48 bits per heavy atom. The van der Waals surface area contributed by atoms with E-state index in [9.17, 15) is 13.2 Å². The first-order chi connectivity index (χ1) is 20.2. The third kappa shape index (κ3) is 5.99. The summed E-state index contributed by atoms with van der Waals surface area (Å²) in [5.74, 6) is -0.163. The zero-order valence-electron chi connectivity index (χ0n) is 23.3. The molecule has 0 aliphatic carbocycles. The van der Waals surface area contributed by atoms with Gasteiger partial charge in [-0.1, -0.05) is 48.0 Å². The molecule has 10 nitrogen and oxygen atoms in total. The second kappa shape index (κ2) is 11.8. The number of ether oxygens (including phenoxy) is 1. The SMILES string of the molecule is [C-]#[N+]c1cnc(NC(C)C)nc1-c1cn(S(=O)(=O)c2ccc(C)cc2)c2ncc(CC(=O)OCc3ccccc3)cc12. The maximum atomic E-state index is 13.8. The van der Waals surface area contributed by atoms with E-state index in [0.29, 0.717) is 22.5 Å². The van der Waals surface area contributed by atoms with Crippen LogP contribution < -0.4 is 5.32 Å². The van der Waals surface area contributed by atoms with Crippen molar-refractivity contribution in [2.45, 2.75) is 44.7 Å². The fourth-order valence-electron chi connectivity index (χ4n) is 4.35. The number of pyridine rings is 1. The van der Waals surface area contributed by atoms with Crippen LogP contribution in [0.1, 0.15) is 30.5 Å². The molecule has 0 bridgehead atoms. The number of fused-ring (bicyclic) bond motifs is 1. The molecule has 11 heteroatoms. The topological polar surface area (TPSA) is 120 Å². The van der Waals surface area contributed by atoms with Gasteiger partial charge in [0.05, 0.1) is 23.6 Å². The van der Waals surface area contributed by atoms with Gasteiger partial charge >= 0.3 is 5.97 Å². The first-order valence-corrected chi connectivity index (χ1v) is 14.6. The molecule has 2 aromatic carbocycles. The molecule has 1 N–H and O–H groups in total. The molecule has 0 fully saturated rings. The molecule has 0 saturated heterocycles. The monoisotopic (exact) mass is 580 g/mol. The van der Waals surface area contributed by atoms with Gasteiger partial charge in [0.15, 0.2) is 5.65 Å². The van der Waals surface area contributed by atoms with Crippen molar-refractivity contribution in [3.8, 4) is 11.3 Å². The quantitative estimate of drug-likeness (QED) is 0.174. The molecular formula is C31H28N6O4S. The smallest absolute Gasteiger partial charge is 0.310 e. The molecule has 0 aliphatic heterocycles. The molecule has 0 amide bonds. The summed E-state index contributed by atoms with van der Waals surface area (Å²) in [6.45, 7) is 13.6. The molecule has 0 spiro atoms. The van der Waals surface area contributed by atoms with Gasteiger partial charge in [-0.3, -0.25) is 4.79 Å². The van der Waals surface area contributed by atoms with Crippen molar-refractivity contribution in [1.29, 1.82) is 0 Å². The number of aromatic nitrogens is 4. The lowest BCUT2D eigenvalue weighted by Gasteiger charge is -2.10. The summed E-state index contributed by atoms with van der Waals surface area (Å²) < 4.78 is 34.1. The van der Waals surface area contributed by atoms with Crippen LogP contribution in [0.3, 0.4) is 0 Å². The van der Waals surface area contributed by atoms with Gasteiger partial charge in [-0.15, -0.1) is 0 Å². The highest BCUT2D eigenvalue weighted by Crippen LogP contribution is 2.37. The molecule has 3 heterocycles. The number of aryl methyl sites for hydroxylation is 1. The Kier molecular flexibility index (Phi) is 7.99. The standard InChI is InChI=1S/C31H28N6O4S/c1-20(2)35-31-34-17-27(32-4)29(36-31)26-18-37(42(39,40)24-12-10-21(3)11-13-24)30-25(26)14-23(16-33-30)15-28(38)41-19-22-8-6-5-7-9-22/h5-14,16-18,20H,15,19H2,1-3H3,(H,34,35,36). The number of benzene rings is 2. The van der Waals surface area contributed by atoms with E-state index >= 15 is 0 Å². The molecule has 3 aromatic heterocycles. The van der Waals surface area contributed by atoms with Gasteiger partial charge in [-0.05, 0) is 50.1 Å². The third-order valence-corrected chi connectivity index (χ3v) is 8.06. The Hall–Kier alpha value is -5.08. The fraction of sp³-hybridized carbons (Fsp3) is 0.194. The van der Waals surface area contributed by atoms with Crippen LogP contribution in [0, 0.1) is 13.5 Å². The van der Waals surface area contributed by atoms with Crippen molar-refractivity contribution in [2.75, 3.05) is 5.32 Å². The van der Waals surface area contributed by atoms with Gasteiger partial charge < -0.3 is 10.1 Å². The van der Waals surface area contributed by atoms with Gasteiger partial charge in [0.25, 0.3) is 10.0 Å². The molecule has 0 aliphatic rings. The second-order valence-electron chi connectivity index (χ2n) is 10.0. The summed E-state index contributed by atoms with van der Waals surface area (Å²) in [7, 11) is -4.07. The number of nitrogens with zero attached hydrogens (tertiary/aromatic N) is 5. The lowest BCUT2D eigenvalue weighted by molar-refractivity contribution is -0.144. The fourth-order valence-corrected chi connectivity index (χ4v) is 5.68. The van der Waals surface area contributed by atoms with Gasteiger partial charge in [-0.25, -0.2) is 32.2 Å². The minimum atomic E-state index is -4.07. The highest BCUT2D eigenvalue weighted by Gasteiger charge is 2.25. The molecule has 0 radical (unpaired) electrons. The lowest BCUT2D eigenvalue weighted by atomic mass is 10.1. The number of rotatable bonds is 9. The third-order valence-electron chi connectivity index (χ3n) is 6.40. The van der Waals surface area contributed by atoms with Crippen LogP contribution in [0.25, 0.3) is 27.1 Å². The van der Waals surface area contributed by atoms with Crippen molar-refractivity contribution in [1.82, 2.24) is 18.9 Å². The molecule has 0 atom stereocenters. The number of hydrogen-bond acceptors (Lipinski definition) is 8. The number of carbonyl (C=O) groups excluding carboxylic acids is 1. The molecule has 5 aromatic rings.